The molecule has 4 nitrogen and oxygen atoms in total. The number of hydrogen-bond acceptors (Lipinski definition) is 4. The van der Waals surface area contributed by atoms with Gasteiger partial charge in [0, 0.05) is 29.7 Å². The molecule has 0 bridgehead atoms. The zero-order valence-corrected chi connectivity index (χ0v) is 13.9. The lowest BCUT2D eigenvalue weighted by atomic mass is 10.00. The van der Waals surface area contributed by atoms with Crippen LogP contribution >= 0.6 is 0 Å². The smallest absolute Gasteiger partial charge is 0.223 e. The van der Waals surface area contributed by atoms with E-state index in [2.05, 4.69) is 29.1 Å². The van der Waals surface area contributed by atoms with Crippen LogP contribution in [0, 0.1) is 5.82 Å². The summed E-state index contributed by atoms with van der Waals surface area (Å²) in [5.41, 5.74) is 8.17. The molecule has 0 amide bonds. The van der Waals surface area contributed by atoms with Crippen molar-refractivity contribution >= 4 is 16.7 Å². The van der Waals surface area contributed by atoms with Crippen molar-refractivity contribution < 1.29 is 4.39 Å². The maximum absolute atomic E-state index is 14.1. The molecule has 1 aromatic heterocycles. The quantitative estimate of drug-likeness (QED) is 0.746. The van der Waals surface area contributed by atoms with Crippen molar-refractivity contribution in [3.8, 4) is 11.3 Å². The normalized spacial score (nSPS) is 11.2. The van der Waals surface area contributed by atoms with E-state index in [1.54, 1.807) is 12.1 Å². The Balaban J connectivity index is 2.18. The number of halogens is 1. The third-order valence-electron chi connectivity index (χ3n) is 3.91. The van der Waals surface area contributed by atoms with Crippen LogP contribution in [0.2, 0.25) is 0 Å². The van der Waals surface area contributed by atoms with Gasteiger partial charge < -0.3 is 11.1 Å². The van der Waals surface area contributed by atoms with Crippen molar-refractivity contribution in [3.63, 3.8) is 0 Å². The molecule has 2 aromatic carbocycles. The summed E-state index contributed by atoms with van der Waals surface area (Å²) in [7, 11) is 0. The van der Waals surface area contributed by atoms with Crippen molar-refractivity contribution in [1.82, 2.24) is 9.97 Å². The van der Waals surface area contributed by atoms with Gasteiger partial charge in [0.1, 0.15) is 5.82 Å². The zero-order valence-electron chi connectivity index (χ0n) is 13.9. The summed E-state index contributed by atoms with van der Waals surface area (Å²) < 4.78 is 14.1. The standard InChI is InChI=1S/C19H21FN4/c1-12(2)17-11-18(24-19(23-17)22-10-9-21)15-7-8-16(20)14-6-4-3-5-13(14)15/h3-8,11-12H,9-10,21H2,1-2H3,(H,22,23,24). The number of fused-ring (bicyclic) bond motifs is 1. The highest BCUT2D eigenvalue weighted by atomic mass is 19.1. The fourth-order valence-electron chi connectivity index (χ4n) is 2.65. The molecule has 0 saturated heterocycles. The molecule has 3 N–H and O–H groups in total. The molecule has 0 fully saturated rings. The van der Waals surface area contributed by atoms with Crippen LogP contribution < -0.4 is 11.1 Å². The first kappa shape index (κ1) is 16.3. The Bertz CT molecular complexity index is 861. The van der Waals surface area contributed by atoms with Crippen LogP contribution in [0.25, 0.3) is 22.0 Å². The van der Waals surface area contributed by atoms with Crippen LogP contribution in [0.5, 0.6) is 0 Å². The molecule has 1 heterocycles. The molecule has 0 aliphatic heterocycles. The van der Waals surface area contributed by atoms with Crippen molar-refractivity contribution in [3.05, 3.63) is 54.0 Å². The first-order valence-electron chi connectivity index (χ1n) is 8.10. The topological polar surface area (TPSA) is 63.8 Å². The van der Waals surface area contributed by atoms with Gasteiger partial charge in [0.15, 0.2) is 0 Å². The van der Waals surface area contributed by atoms with Crippen LogP contribution in [0.3, 0.4) is 0 Å². The molecule has 0 radical (unpaired) electrons. The molecule has 0 atom stereocenters. The predicted molar refractivity (Wildman–Crippen MR) is 96.6 cm³/mol. The maximum atomic E-state index is 14.1. The fraction of sp³-hybridized carbons (Fsp3) is 0.263. The summed E-state index contributed by atoms with van der Waals surface area (Å²) in [6, 6.07) is 12.7. The first-order chi connectivity index (χ1) is 11.6. The van der Waals surface area contributed by atoms with E-state index in [0.29, 0.717) is 24.4 Å². The second kappa shape index (κ2) is 6.93. The summed E-state index contributed by atoms with van der Waals surface area (Å²) in [6.45, 7) is 5.28. The Hall–Kier alpha value is -2.53. The van der Waals surface area contributed by atoms with Gasteiger partial charge in [-0.3, -0.25) is 0 Å². The average molecular weight is 324 g/mol. The molecular weight excluding hydrogens is 303 g/mol. The van der Waals surface area contributed by atoms with Crippen molar-refractivity contribution in [2.75, 3.05) is 18.4 Å². The average Bonchev–Trinajstić information content (AvgIpc) is 2.60. The fourth-order valence-corrected chi connectivity index (χ4v) is 2.65. The number of nitrogens with zero attached hydrogens (tertiary/aromatic N) is 2. The Kier molecular flexibility index (Phi) is 4.71. The largest absolute Gasteiger partial charge is 0.353 e. The van der Waals surface area contributed by atoms with E-state index in [9.17, 15) is 4.39 Å². The van der Waals surface area contributed by atoms with Crippen LogP contribution in [0.1, 0.15) is 25.5 Å². The van der Waals surface area contributed by atoms with Gasteiger partial charge in [-0.1, -0.05) is 38.1 Å². The van der Waals surface area contributed by atoms with Crippen LogP contribution in [0.15, 0.2) is 42.5 Å². The molecule has 0 spiro atoms. The molecule has 24 heavy (non-hydrogen) atoms. The van der Waals surface area contributed by atoms with Gasteiger partial charge in [-0.2, -0.15) is 0 Å². The zero-order chi connectivity index (χ0) is 17.1. The van der Waals surface area contributed by atoms with Gasteiger partial charge >= 0.3 is 0 Å². The summed E-state index contributed by atoms with van der Waals surface area (Å²) in [5, 5.41) is 4.57. The van der Waals surface area contributed by atoms with Gasteiger partial charge in [-0.15, -0.1) is 0 Å². The molecule has 0 unspecified atom stereocenters. The van der Waals surface area contributed by atoms with E-state index < -0.39 is 0 Å². The predicted octanol–water partition coefficient (Wildman–Crippen LogP) is 3.93. The minimum Gasteiger partial charge on any atom is -0.353 e. The number of nitrogens with two attached hydrogens (primary N) is 1. The second-order valence-electron chi connectivity index (χ2n) is 6.01. The summed E-state index contributed by atoms with van der Waals surface area (Å²) in [5.74, 6) is 0.584. The molecule has 0 aliphatic carbocycles. The Morgan fingerprint density at radius 1 is 1.08 bits per heavy atom. The highest BCUT2D eigenvalue weighted by Gasteiger charge is 2.13. The van der Waals surface area contributed by atoms with Crippen molar-refractivity contribution in [2.24, 2.45) is 5.73 Å². The molecule has 124 valence electrons. The van der Waals surface area contributed by atoms with Gasteiger partial charge in [-0.05, 0) is 29.5 Å². The SMILES string of the molecule is CC(C)c1cc(-c2ccc(F)c3ccccc23)nc(NCCN)n1. The number of benzene rings is 2. The molecule has 0 aliphatic rings. The van der Waals surface area contributed by atoms with E-state index in [1.807, 2.05) is 24.3 Å². The number of hydrogen-bond donors (Lipinski definition) is 2. The van der Waals surface area contributed by atoms with E-state index in [0.717, 1.165) is 22.3 Å². The van der Waals surface area contributed by atoms with Gasteiger partial charge in [0.25, 0.3) is 0 Å². The van der Waals surface area contributed by atoms with Crippen LogP contribution in [0.4, 0.5) is 10.3 Å². The Morgan fingerprint density at radius 3 is 2.54 bits per heavy atom. The molecule has 0 saturated carbocycles. The highest BCUT2D eigenvalue weighted by molar-refractivity contribution is 5.96. The third kappa shape index (κ3) is 3.21. The van der Waals surface area contributed by atoms with E-state index in [4.69, 9.17) is 5.73 Å². The summed E-state index contributed by atoms with van der Waals surface area (Å²) >= 11 is 0. The Morgan fingerprint density at radius 2 is 1.83 bits per heavy atom. The first-order valence-corrected chi connectivity index (χ1v) is 8.10. The lowest BCUT2D eigenvalue weighted by molar-refractivity contribution is 0.640. The van der Waals surface area contributed by atoms with Crippen molar-refractivity contribution in [2.45, 2.75) is 19.8 Å². The molecule has 3 aromatic rings. The lowest BCUT2D eigenvalue weighted by Gasteiger charge is -2.13. The lowest BCUT2D eigenvalue weighted by Crippen LogP contribution is -2.15. The van der Waals surface area contributed by atoms with E-state index >= 15 is 0 Å². The molecule has 5 heteroatoms. The van der Waals surface area contributed by atoms with E-state index in [-0.39, 0.29) is 11.7 Å². The molecule has 3 rings (SSSR count). The van der Waals surface area contributed by atoms with Crippen LogP contribution in [-0.2, 0) is 0 Å². The number of rotatable bonds is 5. The van der Waals surface area contributed by atoms with Crippen LogP contribution in [-0.4, -0.2) is 23.1 Å². The number of aromatic nitrogens is 2. The number of nitrogens with one attached hydrogen (secondary N) is 1. The maximum Gasteiger partial charge on any atom is 0.223 e. The highest BCUT2D eigenvalue weighted by Crippen LogP contribution is 2.31. The molecular formula is C19H21FN4. The monoisotopic (exact) mass is 324 g/mol. The number of anilines is 1. The van der Waals surface area contributed by atoms with E-state index in [1.165, 1.54) is 6.07 Å². The Labute approximate surface area is 140 Å². The minimum absolute atomic E-state index is 0.228. The van der Waals surface area contributed by atoms with Crippen molar-refractivity contribution in [1.29, 1.82) is 0 Å². The summed E-state index contributed by atoms with van der Waals surface area (Å²) in [4.78, 5) is 9.14. The van der Waals surface area contributed by atoms with Gasteiger partial charge in [0.05, 0.1) is 5.69 Å². The van der Waals surface area contributed by atoms with Gasteiger partial charge in [-0.25, -0.2) is 14.4 Å². The summed E-state index contributed by atoms with van der Waals surface area (Å²) in [6.07, 6.45) is 0. The van der Waals surface area contributed by atoms with Gasteiger partial charge in [0.2, 0.25) is 5.95 Å². The third-order valence-corrected chi connectivity index (χ3v) is 3.91. The minimum atomic E-state index is -0.228. The second-order valence-corrected chi connectivity index (χ2v) is 6.01.